The first-order valence-corrected chi connectivity index (χ1v) is 7.62. The third kappa shape index (κ3) is 3.78. The summed E-state index contributed by atoms with van der Waals surface area (Å²) in [6.07, 6.45) is 3.18. The standard InChI is InChI=1S/C16H15ClN2O4/c17-11-5-3-10(4-6-11)14-15(18-8-13(19-14)16(20)21)23-9-12-2-1-7-22-12/h3-6,8,12H,1-2,7,9H2,(H,20,21)/t12-/m1/s1. The van der Waals surface area contributed by atoms with Crippen LogP contribution in [0.15, 0.2) is 30.5 Å². The van der Waals surface area contributed by atoms with E-state index in [1.54, 1.807) is 24.3 Å². The second-order valence-electron chi connectivity index (χ2n) is 5.17. The van der Waals surface area contributed by atoms with Gasteiger partial charge in [0.15, 0.2) is 5.69 Å². The van der Waals surface area contributed by atoms with Crippen LogP contribution in [0.1, 0.15) is 23.3 Å². The normalized spacial score (nSPS) is 17.2. The lowest BCUT2D eigenvalue weighted by Gasteiger charge is -2.13. The SMILES string of the molecule is O=C(O)c1cnc(OC[C@H]2CCCO2)c(-c2ccc(Cl)cc2)n1. The van der Waals surface area contributed by atoms with Gasteiger partial charge in [0.1, 0.15) is 12.3 Å². The number of aromatic carboxylic acids is 1. The maximum Gasteiger partial charge on any atom is 0.356 e. The number of aromatic nitrogens is 2. The highest BCUT2D eigenvalue weighted by Gasteiger charge is 2.19. The molecule has 120 valence electrons. The van der Waals surface area contributed by atoms with Gasteiger partial charge in [-0.2, -0.15) is 0 Å². The number of carboxylic acid groups (broad SMARTS) is 1. The van der Waals surface area contributed by atoms with Crippen molar-refractivity contribution in [1.29, 1.82) is 0 Å². The summed E-state index contributed by atoms with van der Waals surface area (Å²) in [5.74, 6) is -0.855. The van der Waals surface area contributed by atoms with E-state index in [4.69, 9.17) is 26.2 Å². The van der Waals surface area contributed by atoms with Gasteiger partial charge < -0.3 is 14.6 Å². The van der Waals surface area contributed by atoms with Crippen LogP contribution in [0.5, 0.6) is 5.88 Å². The van der Waals surface area contributed by atoms with Crippen molar-refractivity contribution in [3.05, 3.63) is 41.2 Å². The molecule has 1 fully saturated rings. The van der Waals surface area contributed by atoms with E-state index in [0.717, 1.165) is 19.4 Å². The molecule has 1 N–H and O–H groups in total. The van der Waals surface area contributed by atoms with Gasteiger partial charge in [0.2, 0.25) is 5.88 Å². The van der Waals surface area contributed by atoms with Crippen molar-refractivity contribution in [3.63, 3.8) is 0 Å². The van der Waals surface area contributed by atoms with Gasteiger partial charge in [-0.15, -0.1) is 0 Å². The van der Waals surface area contributed by atoms with Crippen LogP contribution in [0.25, 0.3) is 11.3 Å². The van der Waals surface area contributed by atoms with E-state index in [9.17, 15) is 4.79 Å². The minimum atomic E-state index is -1.14. The Morgan fingerprint density at radius 2 is 2.17 bits per heavy atom. The molecule has 1 atom stereocenters. The number of carbonyl (C=O) groups is 1. The molecule has 0 radical (unpaired) electrons. The third-order valence-corrected chi connectivity index (χ3v) is 3.76. The lowest BCUT2D eigenvalue weighted by molar-refractivity contribution is 0.0657. The van der Waals surface area contributed by atoms with Crippen molar-refractivity contribution < 1.29 is 19.4 Å². The molecule has 0 bridgehead atoms. The predicted octanol–water partition coefficient (Wildman–Crippen LogP) is 3.05. The fourth-order valence-electron chi connectivity index (χ4n) is 2.33. The molecule has 1 aliphatic heterocycles. The summed E-state index contributed by atoms with van der Waals surface area (Å²) in [5, 5.41) is 9.69. The number of hydrogen-bond acceptors (Lipinski definition) is 5. The molecular weight excluding hydrogens is 320 g/mol. The first-order valence-electron chi connectivity index (χ1n) is 7.24. The van der Waals surface area contributed by atoms with Gasteiger partial charge in [-0.25, -0.2) is 14.8 Å². The minimum absolute atomic E-state index is 0.0361. The zero-order chi connectivity index (χ0) is 16.2. The molecule has 1 aliphatic rings. The maximum absolute atomic E-state index is 11.1. The Bertz CT molecular complexity index is 700. The molecule has 1 saturated heterocycles. The molecule has 0 amide bonds. The van der Waals surface area contributed by atoms with E-state index in [-0.39, 0.29) is 17.7 Å². The molecule has 6 nitrogen and oxygen atoms in total. The summed E-state index contributed by atoms with van der Waals surface area (Å²) in [7, 11) is 0. The smallest absolute Gasteiger partial charge is 0.356 e. The highest BCUT2D eigenvalue weighted by atomic mass is 35.5. The number of carboxylic acids is 1. The van der Waals surface area contributed by atoms with E-state index >= 15 is 0 Å². The zero-order valence-electron chi connectivity index (χ0n) is 12.2. The molecule has 0 unspecified atom stereocenters. The second-order valence-corrected chi connectivity index (χ2v) is 5.60. The summed E-state index contributed by atoms with van der Waals surface area (Å²) in [6, 6.07) is 6.90. The molecular formula is C16H15ClN2O4. The van der Waals surface area contributed by atoms with Gasteiger partial charge in [-0.1, -0.05) is 23.7 Å². The Kier molecular flexibility index (Phi) is 4.73. The van der Waals surface area contributed by atoms with Crippen molar-refractivity contribution in [2.45, 2.75) is 18.9 Å². The average Bonchev–Trinajstić information content (AvgIpc) is 3.07. The molecule has 0 spiro atoms. The predicted molar refractivity (Wildman–Crippen MR) is 83.9 cm³/mol. The number of benzene rings is 1. The largest absolute Gasteiger partial charge is 0.476 e. The van der Waals surface area contributed by atoms with Crippen LogP contribution in [0, 0.1) is 0 Å². The number of hydrogen-bond donors (Lipinski definition) is 1. The van der Waals surface area contributed by atoms with Crippen LogP contribution in [0.4, 0.5) is 0 Å². The number of ether oxygens (including phenoxy) is 2. The second kappa shape index (κ2) is 6.93. The molecule has 23 heavy (non-hydrogen) atoms. The summed E-state index contributed by atoms with van der Waals surface area (Å²) < 4.78 is 11.2. The molecule has 2 aromatic rings. The molecule has 7 heteroatoms. The van der Waals surface area contributed by atoms with E-state index < -0.39 is 5.97 Å². The first-order chi connectivity index (χ1) is 11.1. The summed E-state index contributed by atoms with van der Waals surface area (Å²) in [6.45, 7) is 1.10. The fraction of sp³-hybridized carbons (Fsp3) is 0.312. The van der Waals surface area contributed by atoms with Crippen molar-refractivity contribution in [1.82, 2.24) is 9.97 Å². The Hall–Kier alpha value is -2.18. The summed E-state index contributed by atoms with van der Waals surface area (Å²) in [5.41, 5.74) is 0.923. The lowest BCUT2D eigenvalue weighted by atomic mass is 10.1. The number of halogens is 1. The molecule has 0 aliphatic carbocycles. The fourth-order valence-corrected chi connectivity index (χ4v) is 2.46. The number of nitrogens with zero attached hydrogens (tertiary/aromatic N) is 2. The van der Waals surface area contributed by atoms with Crippen molar-refractivity contribution in [2.24, 2.45) is 0 Å². The van der Waals surface area contributed by atoms with Crippen molar-refractivity contribution in [3.8, 4) is 17.1 Å². The Morgan fingerprint density at radius 1 is 1.39 bits per heavy atom. The zero-order valence-corrected chi connectivity index (χ0v) is 13.0. The molecule has 1 aromatic carbocycles. The molecule has 0 saturated carbocycles. The maximum atomic E-state index is 11.1. The van der Waals surface area contributed by atoms with Crippen LogP contribution in [-0.2, 0) is 4.74 Å². The van der Waals surface area contributed by atoms with E-state index in [2.05, 4.69) is 9.97 Å². The highest BCUT2D eigenvalue weighted by Crippen LogP contribution is 2.28. The van der Waals surface area contributed by atoms with Crippen molar-refractivity contribution >= 4 is 17.6 Å². The van der Waals surface area contributed by atoms with Gasteiger partial charge in [-0.3, -0.25) is 0 Å². The first kappa shape index (κ1) is 15.7. The molecule has 2 heterocycles. The van der Waals surface area contributed by atoms with Crippen LogP contribution in [0.2, 0.25) is 5.02 Å². The quantitative estimate of drug-likeness (QED) is 0.905. The highest BCUT2D eigenvalue weighted by molar-refractivity contribution is 6.30. The van der Waals surface area contributed by atoms with E-state index in [0.29, 0.717) is 22.9 Å². The topological polar surface area (TPSA) is 81.5 Å². The lowest BCUT2D eigenvalue weighted by Crippen LogP contribution is -2.17. The van der Waals surface area contributed by atoms with Crippen molar-refractivity contribution in [2.75, 3.05) is 13.2 Å². The van der Waals surface area contributed by atoms with Crippen LogP contribution in [-0.4, -0.2) is 40.4 Å². The monoisotopic (exact) mass is 334 g/mol. The molecule has 1 aromatic heterocycles. The van der Waals surface area contributed by atoms with Gasteiger partial charge >= 0.3 is 5.97 Å². The van der Waals surface area contributed by atoms with Gasteiger partial charge in [0.05, 0.1) is 12.3 Å². The van der Waals surface area contributed by atoms with Gasteiger partial charge in [-0.05, 0) is 25.0 Å². The molecule has 3 rings (SSSR count). The Morgan fingerprint density at radius 3 is 2.83 bits per heavy atom. The van der Waals surface area contributed by atoms with Crippen LogP contribution in [0.3, 0.4) is 0 Å². The van der Waals surface area contributed by atoms with Gasteiger partial charge in [0, 0.05) is 17.2 Å². The van der Waals surface area contributed by atoms with E-state index in [1.165, 1.54) is 6.20 Å². The minimum Gasteiger partial charge on any atom is -0.476 e. The average molecular weight is 335 g/mol. The Balaban J connectivity index is 1.90. The third-order valence-electron chi connectivity index (χ3n) is 3.51. The summed E-state index contributed by atoms with van der Waals surface area (Å²) >= 11 is 5.89. The summed E-state index contributed by atoms with van der Waals surface area (Å²) in [4.78, 5) is 19.4. The Labute approximate surface area is 138 Å². The van der Waals surface area contributed by atoms with E-state index in [1.807, 2.05) is 0 Å². The van der Waals surface area contributed by atoms with Crippen LogP contribution < -0.4 is 4.74 Å². The van der Waals surface area contributed by atoms with Gasteiger partial charge in [0.25, 0.3) is 0 Å². The number of rotatable bonds is 5. The van der Waals surface area contributed by atoms with Crippen LogP contribution >= 0.6 is 11.6 Å².